The van der Waals surface area contributed by atoms with E-state index in [1.54, 1.807) is 7.11 Å². The highest BCUT2D eigenvalue weighted by atomic mass is 16.7. The maximum atomic E-state index is 12.1. The minimum atomic E-state index is -1.03. The molecule has 0 aliphatic heterocycles. The fraction of sp³-hybridized carbons (Fsp3) is 0.310. The van der Waals surface area contributed by atoms with Crippen LogP contribution in [0.5, 0.6) is 5.75 Å². The third kappa shape index (κ3) is 8.93. The molecule has 8 nitrogen and oxygen atoms in total. The van der Waals surface area contributed by atoms with Crippen LogP contribution in [0.2, 0.25) is 0 Å². The molecule has 3 aromatic carbocycles. The largest absolute Gasteiger partial charge is 0.497 e. The number of rotatable bonds is 13. The van der Waals surface area contributed by atoms with Gasteiger partial charge in [0.15, 0.2) is 0 Å². The second-order valence-corrected chi connectivity index (χ2v) is 8.79. The number of carboxylic acid groups (broad SMARTS) is 1. The molecule has 0 aliphatic rings. The van der Waals surface area contributed by atoms with E-state index in [0.29, 0.717) is 0 Å². The molecule has 0 heterocycles. The first-order chi connectivity index (χ1) is 17.9. The molecule has 0 saturated heterocycles. The summed E-state index contributed by atoms with van der Waals surface area (Å²) in [5, 5.41) is 14.0. The number of carbonyl (C=O) groups is 2. The Kier molecular flexibility index (Phi) is 10.5. The molecule has 0 saturated carbocycles. The monoisotopic (exact) mass is 506 g/mol. The summed E-state index contributed by atoms with van der Waals surface area (Å²) < 4.78 is 10.4. The van der Waals surface area contributed by atoms with E-state index >= 15 is 0 Å². The van der Waals surface area contributed by atoms with Crippen LogP contribution in [0.25, 0.3) is 11.1 Å². The zero-order valence-corrected chi connectivity index (χ0v) is 21.4. The minimum Gasteiger partial charge on any atom is -0.497 e. The lowest BCUT2D eigenvalue weighted by atomic mass is 10.0. The van der Waals surface area contributed by atoms with Crippen LogP contribution in [-0.2, 0) is 27.5 Å². The third-order valence-electron chi connectivity index (χ3n) is 5.59. The van der Waals surface area contributed by atoms with Crippen molar-refractivity contribution in [3.63, 3.8) is 0 Å². The molecule has 0 bridgehead atoms. The van der Waals surface area contributed by atoms with Gasteiger partial charge in [0.05, 0.1) is 19.8 Å². The van der Waals surface area contributed by atoms with Crippen LogP contribution in [0, 0.1) is 0 Å². The number of hydrogen-bond acceptors (Lipinski definition) is 6. The van der Waals surface area contributed by atoms with Crippen molar-refractivity contribution in [1.29, 1.82) is 0 Å². The molecule has 0 unspecified atom stereocenters. The second-order valence-electron chi connectivity index (χ2n) is 8.79. The fourth-order valence-corrected chi connectivity index (χ4v) is 3.73. The van der Waals surface area contributed by atoms with E-state index in [1.165, 1.54) is 5.06 Å². The van der Waals surface area contributed by atoms with Crippen molar-refractivity contribution in [2.24, 2.45) is 0 Å². The number of hydrogen-bond donors (Lipinski definition) is 2. The number of ether oxygens (including phenoxy) is 2. The highest BCUT2D eigenvalue weighted by Gasteiger charge is 2.27. The number of carboxylic acids is 1. The molecule has 0 radical (unpaired) electrons. The van der Waals surface area contributed by atoms with E-state index in [2.05, 4.69) is 5.32 Å². The van der Waals surface area contributed by atoms with Crippen LogP contribution >= 0.6 is 0 Å². The Hall–Kier alpha value is -3.88. The number of aliphatic carboxylic acids is 1. The van der Waals surface area contributed by atoms with Gasteiger partial charge >= 0.3 is 12.1 Å². The Morgan fingerprint density at radius 3 is 2.08 bits per heavy atom. The Morgan fingerprint density at radius 1 is 0.892 bits per heavy atom. The van der Waals surface area contributed by atoms with Gasteiger partial charge in [-0.15, -0.1) is 0 Å². The van der Waals surface area contributed by atoms with E-state index in [0.717, 1.165) is 28.0 Å². The molecule has 0 aliphatic carbocycles. The quantitative estimate of drug-likeness (QED) is 0.305. The second kappa shape index (κ2) is 14.0. The van der Waals surface area contributed by atoms with E-state index in [9.17, 15) is 14.7 Å². The number of nitrogens with one attached hydrogen (secondary N) is 1. The Morgan fingerprint density at radius 2 is 1.51 bits per heavy atom. The first-order valence-electron chi connectivity index (χ1n) is 12.2. The Balaban J connectivity index is 1.59. The summed E-state index contributed by atoms with van der Waals surface area (Å²) in [6, 6.07) is 24.0. The first-order valence-corrected chi connectivity index (χ1v) is 12.2. The van der Waals surface area contributed by atoms with Crippen molar-refractivity contribution in [3.05, 3.63) is 90.0 Å². The smallest absolute Gasteiger partial charge is 0.407 e. The van der Waals surface area contributed by atoms with Gasteiger partial charge in [-0.3, -0.25) is 9.63 Å². The fourth-order valence-electron chi connectivity index (χ4n) is 3.73. The minimum absolute atomic E-state index is 0.124. The van der Waals surface area contributed by atoms with Gasteiger partial charge < -0.3 is 19.9 Å². The summed E-state index contributed by atoms with van der Waals surface area (Å²) in [7, 11) is 1.63. The Bertz CT molecular complexity index is 1120. The maximum Gasteiger partial charge on any atom is 0.407 e. The molecule has 37 heavy (non-hydrogen) atoms. The molecule has 0 aromatic heterocycles. The topological polar surface area (TPSA) is 97.3 Å². The van der Waals surface area contributed by atoms with Crippen molar-refractivity contribution >= 4 is 12.1 Å². The van der Waals surface area contributed by atoms with Crippen LogP contribution in [0.15, 0.2) is 78.9 Å². The van der Waals surface area contributed by atoms with Crippen molar-refractivity contribution in [1.82, 2.24) is 10.4 Å². The summed E-state index contributed by atoms with van der Waals surface area (Å²) in [4.78, 5) is 30.0. The van der Waals surface area contributed by atoms with Gasteiger partial charge in [0.1, 0.15) is 18.4 Å². The van der Waals surface area contributed by atoms with Gasteiger partial charge in [-0.2, -0.15) is 5.06 Å². The molecule has 2 N–H and O–H groups in total. The van der Waals surface area contributed by atoms with E-state index in [-0.39, 0.29) is 32.2 Å². The molecule has 8 heteroatoms. The molecule has 3 rings (SSSR count). The lowest BCUT2D eigenvalue weighted by molar-refractivity contribution is -0.225. The van der Waals surface area contributed by atoms with Gasteiger partial charge in [0, 0.05) is 6.54 Å². The highest BCUT2D eigenvalue weighted by Crippen LogP contribution is 2.23. The summed E-state index contributed by atoms with van der Waals surface area (Å²) in [6.07, 6.45) is -0.672. The van der Waals surface area contributed by atoms with Crippen molar-refractivity contribution < 1.29 is 29.0 Å². The standard InChI is InChI=1S/C29H34N2O6/c1-21(2)37-31(19-22-9-11-24(12-10-22)25-13-15-26(35-3)16-14-25)27(28(32)33)17-18-30-29(34)36-20-23-7-5-4-6-8-23/h4-16,21,27H,17-20H2,1-3H3,(H,30,34)(H,32,33)/t27-/m1/s1. The molecule has 1 atom stereocenters. The highest BCUT2D eigenvalue weighted by molar-refractivity contribution is 5.73. The lowest BCUT2D eigenvalue weighted by Gasteiger charge is -2.30. The van der Waals surface area contributed by atoms with E-state index < -0.39 is 18.1 Å². The van der Waals surface area contributed by atoms with E-state index in [4.69, 9.17) is 14.3 Å². The predicted octanol–water partition coefficient (Wildman–Crippen LogP) is 5.27. The van der Waals surface area contributed by atoms with Crippen LogP contribution in [0.1, 0.15) is 31.4 Å². The molecule has 1 amide bonds. The zero-order valence-electron chi connectivity index (χ0n) is 21.4. The van der Waals surface area contributed by atoms with Crippen LogP contribution < -0.4 is 10.1 Å². The number of carbonyl (C=O) groups excluding carboxylic acids is 1. The number of methoxy groups -OCH3 is 1. The van der Waals surface area contributed by atoms with Gasteiger partial charge in [-0.25, -0.2) is 4.79 Å². The maximum absolute atomic E-state index is 12.1. The number of alkyl carbamates (subject to hydrolysis) is 1. The molecule has 3 aromatic rings. The average molecular weight is 507 g/mol. The summed E-state index contributed by atoms with van der Waals surface area (Å²) >= 11 is 0. The predicted molar refractivity (Wildman–Crippen MR) is 141 cm³/mol. The zero-order chi connectivity index (χ0) is 26.6. The van der Waals surface area contributed by atoms with Crippen LogP contribution in [0.3, 0.4) is 0 Å². The van der Waals surface area contributed by atoms with Crippen molar-refractivity contribution in [3.8, 4) is 16.9 Å². The summed E-state index contributed by atoms with van der Waals surface area (Å²) in [5.74, 6) is -0.240. The molecular weight excluding hydrogens is 472 g/mol. The average Bonchev–Trinajstić information content (AvgIpc) is 2.90. The normalized spacial score (nSPS) is 11.8. The molecule has 0 spiro atoms. The number of nitrogens with zero attached hydrogens (tertiary/aromatic N) is 1. The molecule has 196 valence electrons. The SMILES string of the molecule is COc1ccc(-c2ccc(CN(OC(C)C)[C@H](CCNC(=O)OCc3ccccc3)C(=O)O)cc2)cc1. The summed E-state index contributed by atoms with van der Waals surface area (Å²) in [5.41, 5.74) is 3.86. The van der Waals surface area contributed by atoms with Crippen molar-refractivity contribution in [2.45, 2.75) is 45.6 Å². The summed E-state index contributed by atoms with van der Waals surface area (Å²) in [6.45, 7) is 4.23. The van der Waals surface area contributed by atoms with Gasteiger partial charge in [0.2, 0.25) is 0 Å². The van der Waals surface area contributed by atoms with Crippen LogP contribution in [-0.4, -0.2) is 48.0 Å². The third-order valence-corrected chi connectivity index (χ3v) is 5.59. The molecule has 0 fully saturated rings. The molecular formula is C29H34N2O6. The lowest BCUT2D eigenvalue weighted by Crippen LogP contribution is -2.44. The number of hydroxylamine groups is 2. The van der Waals surface area contributed by atoms with E-state index in [1.807, 2.05) is 92.7 Å². The van der Waals surface area contributed by atoms with Gasteiger partial charge in [-0.1, -0.05) is 66.7 Å². The number of benzene rings is 3. The number of amides is 1. The Labute approximate surface area is 217 Å². The van der Waals surface area contributed by atoms with Crippen LogP contribution in [0.4, 0.5) is 4.79 Å². The van der Waals surface area contributed by atoms with Gasteiger partial charge in [-0.05, 0) is 54.7 Å². The van der Waals surface area contributed by atoms with Crippen molar-refractivity contribution in [2.75, 3.05) is 13.7 Å². The van der Waals surface area contributed by atoms with Gasteiger partial charge in [0.25, 0.3) is 0 Å². The first kappa shape index (κ1) is 27.7.